The zero-order valence-electron chi connectivity index (χ0n) is 16.8. The number of hydrogen-bond donors (Lipinski definition) is 8. The number of amides is 3. The first-order chi connectivity index (χ1) is 14.0. The van der Waals surface area contributed by atoms with E-state index in [-0.39, 0.29) is 0 Å². The maximum Gasteiger partial charge on any atom is 0.326 e. The van der Waals surface area contributed by atoms with E-state index in [0.717, 1.165) is 0 Å². The molecule has 0 aromatic heterocycles. The molecule has 13 nitrogen and oxygen atoms in total. The Kier molecular flexibility index (Phi) is 12.2. The number of carboxylic acid groups (broad SMARTS) is 2. The fourth-order valence-electron chi connectivity index (χ4n) is 2.30. The highest BCUT2D eigenvalue weighted by molar-refractivity contribution is 5.94. The van der Waals surface area contributed by atoms with E-state index in [1.54, 1.807) is 13.8 Å². The Morgan fingerprint density at radius 2 is 1.43 bits per heavy atom. The van der Waals surface area contributed by atoms with E-state index in [1.807, 2.05) is 0 Å². The molecule has 0 saturated heterocycles. The lowest BCUT2D eigenvalue weighted by Gasteiger charge is -2.27. The molecule has 172 valence electrons. The Morgan fingerprint density at radius 3 is 1.87 bits per heavy atom. The van der Waals surface area contributed by atoms with Crippen molar-refractivity contribution in [1.29, 1.82) is 0 Å². The van der Waals surface area contributed by atoms with Crippen LogP contribution in [0.2, 0.25) is 0 Å². The summed E-state index contributed by atoms with van der Waals surface area (Å²) in [6.45, 7) is 1.88. The summed E-state index contributed by atoms with van der Waals surface area (Å²) in [4.78, 5) is 58.6. The summed E-state index contributed by atoms with van der Waals surface area (Å²) in [5, 5.41) is 42.8. The van der Waals surface area contributed by atoms with Gasteiger partial charge in [0, 0.05) is 6.42 Å². The predicted molar refractivity (Wildman–Crippen MR) is 102 cm³/mol. The van der Waals surface area contributed by atoms with Gasteiger partial charge in [-0.25, -0.2) is 4.79 Å². The normalized spacial score (nSPS) is 15.8. The second-order valence-corrected chi connectivity index (χ2v) is 6.74. The van der Waals surface area contributed by atoms with Crippen LogP contribution in [0.1, 0.15) is 33.1 Å². The van der Waals surface area contributed by atoms with Gasteiger partial charge >= 0.3 is 11.9 Å². The Balaban J connectivity index is 5.23. The molecule has 0 rings (SSSR count). The van der Waals surface area contributed by atoms with Gasteiger partial charge in [0.25, 0.3) is 0 Å². The maximum atomic E-state index is 12.6. The lowest BCUT2D eigenvalue weighted by Crippen LogP contribution is -2.59. The molecule has 0 aromatic carbocycles. The minimum absolute atomic E-state index is 0.396. The Bertz CT molecular complexity index is 628. The number of aliphatic hydroxyl groups excluding tert-OH is 2. The Labute approximate surface area is 173 Å². The first kappa shape index (κ1) is 27.2. The van der Waals surface area contributed by atoms with E-state index < -0.39 is 85.8 Å². The second kappa shape index (κ2) is 13.5. The highest BCUT2D eigenvalue weighted by Crippen LogP contribution is 2.09. The molecular weight excluding hydrogens is 404 g/mol. The molecule has 9 N–H and O–H groups in total. The van der Waals surface area contributed by atoms with Crippen LogP contribution in [0.4, 0.5) is 0 Å². The average Bonchev–Trinajstić information content (AvgIpc) is 2.70. The predicted octanol–water partition coefficient (Wildman–Crippen LogP) is -3.25. The molecule has 13 heteroatoms. The van der Waals surface area contributed by atoms with Gasteiger partial charge in [-0.2, -0.15) is 0 Å². The van der Waals surface area contributed by atoms with E-state index in [1.165, 1.54) is 0 Å². The Hall–Kier alpha value is -2.77. The van der Waals surface area contributed by atoms with Crippen molar-refractivity contribution in [2.24, 2.45) is 11.7 Å². The van der Waals surface area contributed by atoms with E-state index in [0.29, 0.717) is 6.42 Å². The maximum absolute atomic E-state index is 12.6. The van der Waals surface area contributed by atoms with Gasteiger partial charge < -0.3 is 42.1 Å². The lowest BCUT2D eigenvalue weighted by atomic mass is 9.97. The summed E-state index contributed by atoms with van der Waals surface area (Å²) < 4.78 is 0. The first-order valence-corrected chi connectivity index (χ1v) is 9.31. The van der Waals surface area contributed by atoms with Crippen molar-refractivity contribution in [2.75, 3.05) is 13.2 Å². The smallest absolute Gasteiger partial charge is 0.326 e. The summed E-state index contributed by atoms with van der Waals surface area (Å²) in [5.41, 5.74) is 5.42. The molecule has 0 saturated carbocycles. The summed E-state index contributed by atoms with van der Waals surface area (Å²) in [6.07, 6.45) is -0.452. The van der Waals surface area contributed by atoms with Crippen molar-refractivity contribution in [3.63, 3.8) is 0 Å². The number of carbonyl (C=O) groups excluding carboxylic acids is 3. The van der Waals surface area contributed by atoms with Crippen LogP contribution < -0.4 is 21.7 Å². The number of nitrogens with one attached hydrogen (secondary N) is 3. The van der Waals surface area contributed by atoms with Crippen LogP contribution in [0.15, 0.2) is 0 Å². The molecule has 3 amide bonds. The van der Waals surface area contributed by atoms with Crippen LogP contribution in [0.5, 0.6) is 0 Å². The van der Waals surface area contributed by atoms with Crippen molar-refractivity contribution in [3.8, 4) is 0 Å². The number of aliphatic hydroxyl groups is 2. The monoisotopic (exact) mass is 434 g/mol. The number of aliphatic carboxylic acids is 2. The number of rotatable bonds is 14. The third-order valence-corrected chi connectivity index (χ3v) is 4.40. The van der Waals surface area contributed by atoms with Gasteiger partial charge in [0.1, 0.15) is 24.2 Å². The van der Waals surface area contributed by atoms with Gasteiger partial charge in [-0.15, -0.1) is 0 Å². The van der Waals surface area contributed by atoms with Gasteiger partial charge in [0.2, 0.25) is 17.7 Å². The largest absolute Gasteiger partial charge is 0.481 e. The number of nitrogens with two attached hydrogens (primary N) is 1. The minimum Gasteiger partial charge on any atom is -0.481 e. The topological polar surface area (TPSA) is 228 Å². The van der Waals surface area contributed by atoms with Crippen LogP contribution in [-0.4, -0.2) is 87.5 Å². The molecule has 0 aromatic rings. The van der Waals surface area contributed by atoms with Gasteiger partial charge in [0.05, 0.1) is 13.2 Å². The molecule has 30 heavy (non-hydrogen) atoms. The molecule has 0 aliphatic carbocycles. The summed E-state index contributed by atoms with van der Waals surface area (Å²) >= 11 is 0. The van der Waals surface area contributed by atoms with Crippen molar-refractivity contribution < 1.29 is 44.4 Å². The highest BCUT2D eigenvalue weighted by atomic mass is 16.4. The molecular formula is C17H30N4O9. The van der Waals surface area contributed by atoms with Crippen molar-refractivity contribution in [2.45, 2.75) is 57.3 Å². The van der Waals surface area contributed by atoms with Gasteiger partial charge in [-0.05, 0) is 12.3 Å². The van der Waals surface area contributed by atoms with Crippen molar-refractivity contribution >= 4 is 29.7 Å². The fraction of sp³-hybridized carbons (Fsp3) is 0.706. The molecule has 0 fully saturated rings. The van der Waals surface area contributed by atoms with Crippen LogP contribution in [-0.2, 0) is 24.0 Å². The second-order valence-electron chi connectivity index (χ2n) is 6.74. The standard InChI is InChI=1S/C17H30N4O9/c1-3-8(2)13(21-14(26)9(18)6-22)16(28)20-11(7-23)15(27)19-10(17(29)30)4-5-12(24)25/h8-11,13,22-23H,3-7,18H2,1-2H3,(H,19,27)(H,20,28)(H,21,26)(H,24,25)(H,29,30). The minimum atomic E-state index is -1.54. The van der Waals surface area contributed by atoms with Crippen LogP contribution in [0.25, 0.3) is 0 Å². The molecule has 5 atom stereocenters. The molecule has 0 heterocycles. The molecule has 5 unspecified atom stereocenters. The number of hydrogen-bond acceptors (Lipinski definition) is 8. The first-order valence-electron chi connectivity index (χ1n) is 9.31. The molecule has 0 aliphatic rings. The third kappa shape index (κ3) is 9.15. The molecule has 0 radical (unpaired) electrons. The van der Waals surface area contributed by atoms with Gasteiger partial charge in [-0.3, -0.25) is 19.2 Å². The van der Waals surface area contributed by atoms with Crippen molar-refractivity contribution in [3.05, 3.63) is 0 Å². The van der Waals surface area contributed by atoms with Gasteiger partial charge in [0.15, 0.2) is 0 Å². The Morgan fingerprint density at radius 1 is 0.867 bits per heavy atom. The van der Waals surface area contributed by atoms with E-state index in [9.17, 15) is 29.1 Å². The summed E-state index contributed by atoms with van der Waals surface area (Å²) in [7, 11) is 0. The van der Waals surface area contributed by atoms with E-state index in [2.05, 4.69) is 16.0 Å². The van der Waals surface area contributed by atoms with Crippen LogP contribution in [0, 0.1) is 5.92 Å². The SMILES string of the molecule is CCC(C)C(NC(=O)C(N)CO)C(=O)NC(CO)C(=O)NC(CCC(=O)O)C(=O)O. The molecule has 0 aliphatic heterocycles. The van der Waals surface area contributed by atoms with Crippen LogP contribution in [0.3, 0.4) is 0 Å². The zero-order valence-corrected chi connectivity index (χ0v) is 16.8. The van der Waals surface area contributed by atoms with Crippen molar-refractivity contribution in [1.82, 2.24) is 16.0 Å². The van der Waals surface area contributed by atoms with E-state index >= 15 is 0 Å². The van der Waals surface area contributed by atoms with E-state index in [4.69, 9.17) is 21.1 Å². The molecule has 0 bridgehead atoms. The number of carbonyl (C=O) groups is 5. The summed E-state index contributed by atoms with van der Waals surface area (Å²) in [6, 6.07) is -5.47. The zero-order chi connectivity index (χ0) is 23.4. The number of carboxylic acids is 2. The quantitative estimate of drug-likeness (QED) is 0.136. The summed E-state index contributed by atoms with van der Waals surface area (Å²) in [5.74, 6) is -5.78. The fourth-order valence-corrected chi connectivity index (χ4v) is 2.30. The molecule has 0 spiro atoms. The lowest BCUT2D eigenvalue weighted by molar-refractivity contribution is -0.143. The highest BCUT2D eigenvalue weighted by Gasteiger charge is 2.32. The van der Waals surface area contributed by atoms with Gasteiger partial charge in [-0.1, -0.05) is 20.3 Å². The average molecular weight is 434 g/mol. The third-order valence-electron chi connectivity index (χ3n) is 4.40. The van der Waals surface area contributed by atoms with Crippen LogP contribution >= 0.6 is 0 Å².